The summed E-state index contributed by atoms with van der Waals surface area (Å²) in [5, 5.41) is 9.50. The first-order valence-electron chi connectivity index (χ1n) is 11.3. The Morgan fingerprint density at radius 3 is 1.33 bits per heavy atom. The summed E-state index contributed by atoms with van der Waals surface area (Å²) < 4.78 is 12.5. The van der Waals surface area contributed by atoms with Gasteiger partial charge in [-0.2, -0.15) is 10.2 Å². The van der Waals surface area contributed by atoms with E-state index in [4.69, 9.17) is 19.7 Å². The summed E-state index contributed by atoms with van der Waals surface area (Å²) in [5.41, 5.74) is 0.935. The van der Waals surface area contributed by atoms with Crippen molar-refractivity contribution in [2.75, 3.05) is 13.2 Å². The Morgan fingerprint density at radius 1 is 0.633 bits per heavy atom. The van der Waals surface area contributed by atoms with E-state index in [0.29, 0.717) is 26.1 Å². The molecule has 2 unspecified atom stereocenters. The van der Waals surface area contributed by atoms with Crippen molar-refractivity contribution in [2.24, 2.45) is 10.2 Å². The predicted octanol–water partition coefficient (Wildman–Crippen LogP) is 6.99. The molecule has 0 aliphatic rings. The van der Waals surface area contributed by atoms with Crippen molar-refractivity contribution in [3.8, 4) is 0 Å². The number of hydrogen-bond acceptors (Lipinski definition) is 4. The molecular formula is C26H38N2O2. The molecule has 0 aliphatic carbocycles. The average molecular weight is 411 g/mol. The highest BCUT2D eigenvalue weighted by atomic mass is 16.5. The highest BCUT2D eigenvalue weighted by Gasteiger charge is 2.30. The molecule has 0 fully saturated rings. The van der Waals surface area contributed by atoms with E-state index in [1.807, 2.05) is 50.2 Å². The quantitative estimate of drug-likeness (QED) is 0.249. The van der Waals surface area contributed by atoms with Crippen LogP contribution in [-0.2, 0) is 22.3 Å². The van der Waals surface area contributed by atoms with Crippen LogP contribution in [0.2, 0.25) is 0 Å². The normalized spacial score (nSPS) is 15.7. The van der Waals surface area contributed by atoms with Crippen molar-refractivity contribution < 1.29 is 9.47 Å². The van der Waals surface area contributed by atoms with Crippen molar-refractivity contribution >= 4 is 0 Å². The van der Waals surface area contributed by atoms with Crippen LogP contribution in [0.5, 0.6) is 0 Å². The fourth-order valence-electron chi connectivity index (χ4n) is 3.26. The lowest BCUT2D eigenvalue weighted by atomic mass is 10.0. The van der Waals surface area contributed by atoms with Crippen LogP contribution in [0.15, 0.2) is 70.9 Å². The van der Waals surface area contributed by atoms with Crippen LogP contribution in [0.4, 0.5) is 0 Å². The molecule has 0 saturated carbocycles. The molecule has 4 nitrogen and oxygen atoms in total. The monoisotopic (exact) mass is 410 g/mol. The number of unbranched alkanes of at least 4 members (excludes halogenated alkanes) is 2. The molecular weight excluding hydrogens is 372 g/mol. The first kappa shape index (κ1) is 24.2. The van der Waals surface area contributed by atoms with E-state index in [2.05, 4.69) is 38.1 Å². The third kappa shape index (κ3) is 8.76. The minimum Gasteiger partial charge on any atom is -0.352 e. The van der Waals surface area contributed by atoms with E-state index < -0.39 is 11.4 Å². The van der Waals surface area contributed by atoms with E-state index in [1.165, 1.54) is 11.1 Å². The second-order valence-electron chi connectivity index (χ2n) is 8.28. The van der Waals surface area contributed by atoms with Crippen LogP contribution in [-0.4, -0.2) is 24.7 Å². The maximum Gasteiger partial charge on any atom is 0.180 e. The summed E-state index contributed by atoms with van der Waals surface area (Å²) in [4.78, 5) is 0. The largest absolute Gasteiger partial charge is 0.352 e. The van der Waals surface area contributed by atoms with Gasteiger partial charge in [0.25, 0.3) is 0 Å². The Bertz CT molecular complexity index is 672. The van der Waals surface area contributed by atoms with E-state index in [1.54, 1.807) is 0 Å². The van der Waals surface area contributed by atoms with Crippen molar-refractivity contribution in [2.45, 2.75) is 77.7 Å². The van der Waals surface area contributed by atoms with E-state index in [9.17, 15) is 0 Å². The Balaban J connectivity index is 2.22. The molecule has 0 radical (unpaired) electrons. The van der Waals surface area contributed by atoms with Gasteiger partial charge in [0.15, 0.2) is 11.4 Å². The lowest BCUT2D eigenvalue weighted by Crippen LogP contribution is -2.34. The fraction of sp³-hybridized carbons (Fsp3) is 0.538. The van der Waals surface area contributed by atoms with E-state index in [-0.39, 0.29) is 0 Å². The summed E-state index contributed by atoms with van der Waals surface area (Å²) in [6.07, 6.45) is 5.55. The molecule has 0 aliphatic heterocycles. The van der Waals surface area contributed by atoms with Gasteiger partial charge in [0, 0.05) is 26.1 Å². The summed E-state index contributed by atoms with van der Waals surface area (Å²) in [6.45, 7) is 9.72. The maximum absolute atomic E-state index is 6.23. The Kier molecular flexibility index (Phi) is 10.2. The number of azo groups is 1. The van der Waals surface area contributed by atoms with Gasteiger partial charge >= 0.3 is 0 Å². The van der Waals surface area contributed by atoms with Crippen LogP contribution in [0.1, 0.15) is 64.5 Å². The minimum atomic E-state index is -0.720. The van der Waals surface area contributed by atoms with Gasteiger partial charge in [-0.25, -0.2) is 0 Å². The van der Waals surface area contributed by atoms with Gasteiger partial charge in [0.2, 0.25) is 0 Å². The molecule has 0 spiro atoms. The predicted molar refractivity (Wildman–Crippen MR) is 124 cm³/mol. The number of nitrogens with zero attached hydrogens (tertiary/aromatic N) is 2. The van der Waals surface area contributed by atoms with E-state index >= 15 is 0 Å². The number of benzene rings is 2. The molecule has 2 atom stereocenters. The minimum absolute atomic E-state index is 0.672. The highest BCUT2D eigenvalue weighted by Crippen LogP contribution is 2.26. The number of ether oxygens (including phenoxy) is 2. The van der Waals surface area contributed by atoms with Crippen LogP contribution >= 0.6 is 0 Å². The fourth-order valence-corrected chi connectivity index (χ4v) is 3.26. The molecule has 0 heterocycles. The summed E-state index contributed by atoms with van der Waals surface area (Å²) in [5.74, 6) is 0. The standard InChI is InChI=1S/C26H38N2O2/c1-5-7-19-29-25(3,21-23-15-11-9-12-16-23)27-28-26(4,30-20-8-6-2)22-24-17-13-10-14-18-24/h9-18H,5-8,19-22H2,1-4H3. The lowest BCUT2D eigenvalue weighted by Gasteiger charge is -2.29. The number of rotatable bonds is 14. The Labute approximate surface area is 182 Å². The van der Waals surface area contributed by atoms with Gasteiger partial charge < -0.3 is 9.47 Å². The maximum atomic E-state index is 6.23. The van der Waals surface area contributed by atoms with Gasteiger partial charge in [-0.05, 0) is 37.8 Å². The topological polar surface area (TPSA) is 43.2 Å². The molecule has 0 N–H and O–H groups in total. The van der Waals surface area contributed by atoms with Gasteiger partial charge in [-0.15, -0.1) is 0 Å². The van der Waals surface area contributed by atoms with Crippen molar-refractivity contribution in [1.82, 2.24) is 0 Å². The third-order valence-corrected chi connectivity index (χ3v) is 5.04. The van der Waals surface area contributed by atoms with Gasteiger partial charge in [-0.1, -0.05) is 87.4 Å². The second kappa shape index (κ2) is 12.6. The highest BCUT2D eigenvalue weighted by molar-refractivity contribution is 5.18. The Morgan fingerprint density at radius 2 is 1.00 bits per heavy atom. The lowest BCUT2D eigenvalue weighted by molar-refractivity contribution is -0.0598. The summed E-state index contributed by atoms with van der Waals surface area (Å²) in [7, 11) is 0. The summed E-state index contributed by atoms with van der Waals surface area (Å²) >= 11 is 0. The first-order chi connectivity index (χ1) is 14.5. The zero-order valence-corrected chi connectivity index (χ0v) is 19.1. The van der Waals surface area contributed by atoms with Gasteiger partial charge in [0.1, 0.15) is 0 Å². The first-order valence-corrected chi connectivity index (χ1v) is 11.3. The smallest absolute Gasteiger partial charge is 0.180 e. The van der Waals surface area contributed by atoms with Crippen molar-refractivity contribution in [3.05, 3.63) is 71.8 Å². The Hall–Kier alpha value is -2.04. The molecule has 0 bridgehead atoms. The van der Waals surface area contributed by atoms with Crippen molar-refractivity contribution in [3.63, 3.8) is 0 Å². The van der Waals surface area contributed by atoms with Crippen LogP contribution in [0, 0.1) is 0 Å². The molecule has 2 rings (SSSR count). The molecule has 0 saturated heterocycles. The van der Waals surface area contributed by atoms with Crippen LogP contribution < -0.4 is 0 Å². The average Bonchev–Trinajstić information content (AvgIpc) is 2.74. The van der Waals surface area contributed by atoms with Gasteiger partial charge in [0.05, 0.1) is 0 Å². The molecule has 2 aromatic carbocycles. The molecule has 0 aromatic heterocycles. The van der Waals surface area contributed by atoms with Gasteiger partial charge in [-0.3, -0.25) is 0 Å². The molecule has 30 heavy (non-hydrogen) atoms. The summed E-state index contributed by atoms with van der Waals surface area (Å²) in [6, 6.07) is 20.7. The van der Waals surface area contributed by atoms with Crippen molar-refractivity contribution in [1.29, 1.82) is 0 Å². The van der Waals surface area contributed by atoms with Crippen LogP contribution in [0.25, 0.3) is 0 Å². The molecule has 0 amide bonds. The SMILES string of the molecule is CCCCOC(C)(Cc1ccccc1)N=NC(C)(Cc1ccccc1)OCCCC. The molecule has 164 valence electrons. The zero-order valence-electron chi connectivity index (χ0n) is 19.1. The molecule has 2 aromatic rings. The second-order valence-corrected chi connectivity index (χ2v) is 8.28. The zero-order chi connectivity index (χ0) is 21.7. The molecule has 4 heteroatoms. The van der Waals surface area contributed by atoms with E-state index in [0.717, 1.165) is 25.7 Å². The number of hydrogen-bond donors (Lipinski definition) is 0. The third-order valence-electron chi connectivity index (χ3n) is 5.04. The van der Waals surface area contributed by atoms with Crippen LogP contribution in [0.3, 0.4) is 0 Å².